The van der Waals surface area contributed by atoms with Gasteiger partial charge in [0.1, 0.15) is 8.07 Å². The molecule has 0 radical (unpaired) electrons. The van der Waals surface area contributed by atoms with Crippen LogP contribution in [0.25, 0.3) is 33.2 Å². The molecule has 1 aliphatic carbocycles. The summed E-state index contributed by atoms with van der Waals surface area (Å²) < 4.78 is 0. The Kier molecular flexibility index (Phi) is 2.91. The predicted octanol–water partition coefficient (Wildman–Crippen LogP) is 5.34. The first kappa shape index (κ1) is 16.3. The summed E-state index contributed by atoms with van der Waals surface area (Å²) in [6, 6.07) is 22.7. The Bertz CT molecular complexity index is 1310. The monoisotopic (exact) mass is 377 g/mol. The van der Waals surface area contributed by atoms with E-state index in [-0.39, 0.29) is 5.41 Å². The van der Waals surface area contributed by atoms with Gasteiger partial charge in [-0.05, 0) is 49.5 Å². The van der Waals surface area contributed by atoms with Crippen molar-refractivity contribution in [1.82, 2.24) is 4.98 Å². The molecule has 2 aliphatic rings. The number of rotatable bonds is 0. The standard InChI is InChI=1S/C26H23NSi/c1-26(2)19-10-7-15-27-25(19)18-12-14-21-23(24(18)26)22-17-9-6-5-8-16(17)11-13-20(22)28(21,3)4/h5-15H,1-4H3. The first-order valence-corrected chi connectivity index (χ1v) is 13.1. The highest BCUT2D eigenvalue weighted by Crippen LogP contribution is 2.52. The third kappa shape index (κ3) is 1.75. The fraction of sp³-hybridized carbons (Fsp3) is 0.192. The predicted molar refractivity (Wildman–Crippen MR) is 121 cm³/mol. The zero-order valence-electron chi connectivity index (χ0n) is 16.8. The second-order valence-corrected chi connectivity index (χ2v) is 13.6. The SMILES string of the molecule is CC1(C)c2cccnc2-c2ccc3c(c21)-c1c(ccc2ccccc12)[Si]3(C)C. The number of pyridine rings is 1. The fourth-order valence-electron chi connectivity index (χ4n) is 5.70. The van der Waals surface area contributed by atoms with Crippen molar-refractivity contribution in [2.75, 3.05) is 0 Å². The van der Waals surface area contributed by atoms with Gasteiger partial charge in [-0.1, -0.05) is 81.5 Å². The maximum absolute atomic E-state index is 4.79. The lowest BCUT2D eigenvalue weighted by atomic mass is 9.78. The van der Waals surface area contributed by atoms with Gasteiger partial charge >= 0.3 is 0 Å². The van der Waals surface area contributed by atoms with Crippen LogP contribution in [-0.2, 0) is 5.41 Å². The minimum atomic E-state index is -1.73. The van der Waals surface area contributed by atoms with E-state index in [1.807, 2.05) is 6.20 Å². The number of fused-ring (bicyclic) bond motifs is 9. The Labute approximate surface area is 167 Å². The summed E-state index contributed by atoms with van der Waals surface area (Å²) in [5.74, 6) is 0. The van der Waals surface area contributed by atoms with Crippen molar-refractivity contribution >= 4 is 29.2 Å². The van der Waals surface area contributed by atoms with E-state index >= 15 is 0 Å². The highest BCUT2D eigenvalue weighted by molar-refractivity contribution is 7.04. The maximum atomic E-state index is 4.79. The summed E-state index contributed by atoms with van der Waals surface area (Å²) in [4.78, 5) is 4.79. The Hall–Kier alpha value is -2.71. The van der Waals surface area contributed by atoms with E-state index in [0.29, 0.717) is 0 Å². The van der Waals surface area contributed by atoms with E-state index in [1.54, 1.807) is 10.4 Å². The van der Waals surface area contributed by atoms with E-state index in [0.717, 1.165) is 0 Å². The van der Waals surface area contributed by atoms with E-state index < -0.39 is 8.07 Å². The quantitative estimate of drug-likeness (QED) is 0.377. The van der Waals surface area contributed by atoms with Crippen LogP contribution in [0.1, 0.15) is 25.0 Å². The Morgan fingerprint density at radius 3 is 2.39 bits per heavy atom. The molecular formula is C26H23NSi. The molecule has 0 amide bonds. The van der Waals surface area contributed by atoms with Gasteiger partial charge in [0, 0.05) is 17.2 Å². The molecule has 6 rings (SSSR count). The second kappa shape index (κ2) is 5.01. The van der Waals surface area contributed by atoms with E-state index in [1.165, 1.54) is 44.3 Å². The van der Waals surface area contributed by atoms with Crippen LogP contribution in [0.4, 0.5) is 0 Å². The molecule has 136 valence electrons. The number of nitrogens with zero attached hydrogens (tertiary/aromatic N) is 1. The van der Waals surface area contributed by atoms with Crippen LogP contribution >= 0.6 is 0 Å². The Morgan fingerprint density at radius 1 is 0.786 bits per heavy atom. The average molecular weight is 378 g/mol. The number of hydrogen-bond donors (Lipinski definition) is 0. The van der Waals surface area contributed by atoms with Gasteiger partial charge in [0.15, 0.2) is 0 Å². The number of benzene rings is 3. The van der Waals surface area contributed by atoms with Crippen molar-refractivity contribution < 1.29 is 0 Å². The molecule has 0 fully saturated rings. The summed E-state index contributed by atoms with van der Waals surface area (Å²) >= 11 is 0. The highest BCUT2D eigenvalue weighted by atomic mass is 28.3. The molecule has 28 heavy (non-hydrogen) atoms. The first-order valence-electron chi connectivity index (χ1n) is 10.1. The smallest absolute Gasteiger partial charge is 0.113 e. The summed E-state index contributed by atoms with van der Waals surface area (Å²) in [5.41, 5.74) is 8.28. The maximum Gasteiger partial charge on any atom is 0.113 e. The molecule has 1 aliphatic heterocycles. The van der Waals surface area contributed by atoms with Crippen LogP contribution in [0, 0.1) is 0 Å². The van der Waals surface area contributed by atoms with E-state index in [2.05, 4.69) is 87.6 Å². The van der Waals surface area contributed by atoms with Crippen LogP contribution in [0.2, 0.25) is 13.1 Å². The van der Waals surface area contributed by atoms with Crippen LogP contribution in [0.5, 0.6) is 0 Å². The van der Waals surface area contributed by atoms with Crippen molar-refractivity contribution in [3.8, 4) is 22.4 Å². The minimum absolute atomic E-state index is 0.0344. The molecular weight excluding hydrogens is 354 g/mol. The highest BCUT2D eigenvalue weighted by Gasteiger charge is 2.46. The van der Waals surface area contributed by atoms with E-state index in [4.69, 9.17) is 4.98 Å². The molecule has 0 bridgehead atoms. The minimum Gasteiger partial charge on any atom is -0.256 e. The lowest BCUT2D eigenvalue weighted by molar-refractivity contribution is 0.661. The van der Waals surface area contributed by atoms with Gasteiger partial charge in [-0.25, -0.2) is 0 Å². The van der Waals surface area contributed by atoms with Crippen molar-refractivity contribution in [2.24, 2.45) is 0 Å². The van der Waals surface area contributed by atoms with Crippen molar-refractivity contribution in [3.63, 3.8) is 0 Å². The zero-order chi connectivity index (χ0) is 19.3. The van der Waals surface area contributed by atoms with Crippen molar-refractivity contribution in [1.29, 1.82) is 0 Å². The van der Waals surface area contributed by atoms with Crippen LogP contribution < -0.4 is 10.4 Å². The lowest BCUT2D eigenvalue weighted by Gasteiger charge is -2.25. The van der Waals surface area contributed by atoms with E-state index in [9.17, 15) is 0 Å². The van der Waals surface area contributed by atoms with Crippen LogP contribution in [0.3, 0.4) is 0 Å². The molecule has 4 aromatic rings. The number of aromatic nitrogens is 1. The normalized spacial score (nSPS) is 17.1. The first-order chi connectivity index (χ1) is 13.4. The fourth-order valence-corrected chi connectivity index (χ4v) is 8.75. The molecule has 0 N–H and O–H groups in total. The average Bonchev–Trinajstić information content (AvgIpc) is 3.08. The molecule has 1 nitrogen and oxygen atoms in total. The zero-order valence-corrected chi connectivity index (χ0v) is 17.8. The topological polar surface area (TPSA) is 12.9 Å². The molecule has 0 atom stereocenters. The van der Waals surface area contributed by atoms with Gasteiger partial charge in [0.2, 0.25) is 0 Å². The van der Waals surface area contributed by atoms with Gasteiger partial charge in [-0.3, -0.25) is 4.98 Å². The van der Waals surface area contributed by atoms with Gasteiger partial charge in [0.05, 0.1) is 5.69 Å². The molecule has 1 aromatic heterocycles. The third-order valence-corrected chi connectivity index (χ3v) is 10.6. The summed E-state index contributed by atoms with van der Waals surface area (Å²) in [7, 11) is -1.73. The number of hydrogen-bond acceptors (Lipinski definition) is 1. The van der Waals surface area contributed by atoms with Crippen LogP contribution in [-0.4, -0.2) is 13.1 Å². The molecule has 0 saturated heterocycles. The van der Waals surface area contributed by atoms with Crippen LogP contribution in [0.15, 0.2) is 66.9 Å². The molecule has 2 heteroatoms. The molecule has 3 aromatic carbocycles. The summed E-state index contributed by atoms with van der Waals surface area (Å²) in [6.45, 7) is 9.76. The van der Waals surface area contributed by atoms with Crippen molar-refractivity contribution in [2.45, 2.75) is 32.4 Å². The molecule has 2 heterocycles. The molecule has 0 saturated carbocycles. The summed E-state index contributed by atoms with van der Waals surface area (Å²) in [5, 5.41) is 5.89. The van der Waals surface area contributed by atoms with Gasteiger partial charge in [0.25, 0.3) is 0 Å². The van der Waals surface area contributed by atoms with Gasteiger partial charge in [-0.2, -0.15) is 0 Å². The second-order valence-electron chi connectivity index (χ2n) is 9.27. The Morgan fingerprint density at radius 2 is 1.54 bits per heavy atom. The largest absolute Gasteiger partial charge is 0.256 e. The molecule has 0 unspecified atom stereocenters. The van der Waals surface area contributed by atoms with Gasteiger partial charge < -0.3 is 0 Å². The molecule has 0 spiro atoms. The Balaban J connectivity index is 1.82. The van der Waals surface area contributed by atoms with Gasteiger partial charge in [-0.15, -0.1) is 0 Å². The van der Waals surface area contributed by atoms with Crippen molar-refractivity contribution in [3.05, 3.63) is 78.0 Å². The summed E-state index contributed by atoms with van der Waals surface area (Å²) in [6.07, 6.45) is 1.93. The third-order valence-electron chi connectivity index (χ3n) is 7.09. The lowest BCUT2D eigenvalue weighted by Crippen LogP contribution is -2.49.